The molecular weight excluding hydrogens is 423 g/mol. The number of nitrogens with zero attached hydrogens (tertiary/aromatic N) is 1. The number of halogens is 3. The molecule has 0 bridgehead atoms. The topological polar surface area (TPSA) is 33.0 Å². The smallest absolute Gasteiger partial charge is 0.406 e. The van der Waals surface area contributed by atoms with Crippen molar-refractivity contribution in [2.75, 3.05) is 0 Å². The van der Waals surface area contributed by atoms with E-state index in [2.05, 4.69) is 10.8 Å². The zero-order chi connectivity index (χ0) is 23.5. The number of hydrogen-bond acceptors (Lipinski definition) is 2. The highest BCUT2D eigenvalue weighted by atomic mass is 19.4. The summed E-state index contributed by atoms with van der Waals surface area (Å²) in [4.78, 5) is 0. The second kappa shape index (κ2) is 12.9. The lowest BCUT2D eigenvalue weighted by Crippen LogP contribution is -2.17. The van der Waals surface area contributed by atoms with Crippen molar-refractivity contribution in [3.05, 3.63) is 54.1 Å². The molecule has 1 aromatic rings. The summed E-state index contributed by atoms with van der Waals surface area (Å²) in [6.45, 7) is 0. The van der Waals surface area contributed by atoms with Crippen LogP contribution in [0.25, 0.3) is 0 Å². The molecule has 180 valence electrons. The number of nitriles is 1. The van der Waals surface area contributed by atoms with E-state index in [1.54, 1.807) is 12.1 Å². The molecule has 5 heteroatoms. The van der Waals surface area contributed by atoms with Gasteiger partial charge in [0, 0.05) is 6.08 Å². The maximum Gasteiger partial charge on any atom is 0.573 e. The van der Waals surface area contributed by atoms with Crippen LogP contribution in [-0.4, -0.2) is 6.36 Å². The van der Waals surface area contributed by atoms with Crippen molar-refractivity contribution in [3.63, 3.8) is 0 Å². The number of allylic oxidation sites excluding steroid dienone is 4. The molecule has 0 aliphatic heterocycles. The summed E-state index contributed by atoms with van der Waals surface area (Å²) in [5.74, 6) is 2.67. The van der Waals surface area contributed by atoms with Crippen molar-refractivity contribution in [3.8, 4) is 11.8 Å². The van der Waals surface area contributed by atoms with Crippen LogP contribution >= 0.6 is 0 Å². The molecule has 2 nitrogen and oxygen atoms in total. The molecule has 2 aliphatic carbocycles. The van der Waals surface area contributed by atoms with Crippen molar-refractivity contribution >= 4 is 0 Å². The number of unbranched alkanes of at least 4 members (excludes halogenated alkanes) is 1. The fourth-order valence-electron chi connectivity index (χ4n) is 5.58. The van der Waals surface area contributed by atoms with E-state index in [-0.39, 0.29) is 5.75 Å². The molecule has 0 saturated heterocycles. The van der Waals surface area contributed by atoms with Crippen LogP contribution in [0, 0.1) is 29.1 Å². The van der Waals surface area contributed by atoms with E-state index in [0.717, 1.165) is 30.2 Å². The van der Waals surface area contributed by atoms with Crippen LogP contribution in [0.4, 0.5) is 13.2 Å². The Kier molecular flexibility index (Phi) is 9.91. The first-order valence-electron chi connectivity index (χ1n) is 12.5. The molecule has 2 fully saturated rings. The lowest BCUT2D eigenvalue weighted by Gasteiger charge is -2.29. The summed E-state index contributed by atoms with van der Waals surface area (Å²) in [6, 6.07) is 8.47. The predicted octanol–water partition coefficient (Wildman–Crippen LogP) is 8.86. The Bertz CT molecular complexity index is 790. The van der Waals surface area contributed by atoms with E-state index in [4.69, 9.17) is 5.26 Å². The molecule has 0 unspecified atom stereocenters. The number of rotatable bonds is 9. The molecule has 0 heterocycles. The van der Waals surface area contributed by atoms with Gasteiger partial charge in [-0.15, -0.1) is 13.2 Å². The van der Waals surface area contributed by atoms with Crippen molar-refractivity contribution in [1.29, 1.82) is 5.26 Å². The minimum absolute atomic E-state index is 0.141. The zero-order valence-electron chi connectivity index (χ0n) is 19.4. The van der Waals surface area contributed by atoms with Gasteiger partial charge in [0.05, 0.1) is 6.07 Å². The Morgan fingerprint density at radius 3 is 1.97 bits per heavy atom. The number of hydrogen-bond donors (Lipinski definition) is 0. The third-order valence-electron chi connectivity index (χ3n) is 7.46. The fraction of sp³-hybridized carbons (Fsp3) is 0.607. The van der Waals surface area contributed by atoms with E-state index < -0.39 is 6.36 Å². The highest BCUT2D eigenvalue weighted by molar-refractivity contribution is 5.29. The number of benzene rings is 1. The molecule has 2 aliphatic rings. The molecule has 33 heavy (non-hydrogen) atoms. The second-order valence-electron chi connectivity index (χ2n) is 9.77. The van der Waals surface area contributed by atoms with E-state index in [0.29, 0.717) is 11.8 Å². The van der Waals surface area contributed by atoms with Crippen molar-refractivity contribution in [1.82, 2.24) is 0 Å². The SMILES string of the molecule is N#CC=CC=C[C@H]1CC[C@H](CCCC[C@H]2CC[C@H](c3ccc(OC(F)(F)F)cc3)CC2)CC1. The standard InChI is InChI=1S/C28H36F3NO/c29-28(30,31)33-27-19-17-26(18-20-27)25-15-13-24(14-16-25)8-4-3-7-23-11-9-22(10-12-23)6-2-1-5-21-32/h1-2,5-6,17-20,22-25H,3-4,7-16H2/t22-,23-,24-,25-. The van der Waals surface area contributed by atoms with E-state index >= 15 is 0 Å². The summed E-state index contributed by atoms with van der Waals surface area (Å²) in [5, 5.41) is 8.52. The third-order valence-corrected chi connectivity index (χ3v) is 7.46. The first kappa shape index (κ1) is 25.4. The zero-order valence-corrected chi connectivity index (χ0v) is 19.4. The summed E-state index contributed by atoms with van der Waals surface area (Å²) in [7, 11) is 0. The van der Waals surface area contributed by atoms with Crippen LogP contribution in [-0.2, 0) is 0 Å². The Hall–Kier alpha value is -2.22. The molecule has 0 amide bonds. The molecule has 0 radical (unpaired) electrons. The second-order valence-corrected chi connectivity index (χ2v) is 9.77. The average molecular weight is 460 g/mol. The molecule has 1 aromatic carbocycles. The minimum atomic E-state index is -4.63. The van der Waals surface area contributed by atoms with Crippen molar-refractivity contribution in [2.45, 2.75) is 89.3 Å². The quantitative estimate of drug-likeness (QED) is 0.210. The lowest BCUT2D eigenvalue weighted by molar-refractivity contribution is -0.274. The average Bonchev–Trinajstić information content (AvgIpc) is 2.80. The van der Waals surface area contributed by atoms with Gasteiger partial charge in [-0.05, 0) is 92.7 Å². The van der Waals surface area contributed by atoms with Gasteiger partial charge in [-0.2, -0.15) is 5.26 Å². The molecule has 0 atom stereocenters. The first-order chi connectivity index (χ1) is 15.9. The van der Waals surface area contributed by atoms with Gasteiger partial charge in [-0.3, -0.25) is 0 Å². The van der Waals surface area contributed by atoms with Gasteiger partial charge in [0.25, 0.3) is 0 Å². The van der Waals surface area contributed by atoms with Crippen LogP contribution in [0.2, 0.25) is 0 Å². The van der Waals surface area contributed by atoms with Crippen LogP contribution in [0.15, 0.2) is 48.6 Å². The summed E-state index contributed by atoms with van der Waals surface area (Å²) >= 11 is 0. The number of ether oxygens (including phenoxy) is 1. The summed E-state index contributed by atoms with van der Waals surface area (Å²) in [6.07, 6.45) is 18.2. The highest BCUT2D eigenvalue weighted by Crippen LogP contribution is 2.39. The molecule has 3 rings (SSSR count). The predicted molar refractivity (Wildman–Crippen MR) is 126 cm³/mol. The third kappa shape index (κ3) is 9.27. The Balaban J connectivity index is 1.27. The monoisotopic (exact) mass is 459 g/mol. The Morgan fingerprint density at radius 1 is 0.848 bits per heavy atom. The van der Waals surface area contributed by atoms with Crippen LogP contribution in [0.5, 0.6) is 5.75 Å². The summed E-state index contributed by atoms with van der Waals surface area (Å²) < 4.78 is 40.9. The van der Waals surface area contributed by atoms with E-state index in [1.165, 1.54) is 82.4 Å². The van der Waals surface area contributed by atoms with Crippen LogP contribution < -0.4 is 4.74 Å². The van der Waals surface area contributed by atoms with Gasteiger partial charge in [-0.25, -0.2) is 0 Å². The molecule has 0 N–H and O–H groups in total. The van der Waals surface area contributed by atoms with Crippen LogP contribution in [0.1, 0.15) is 88.5 Å². The molecule has 0 aromatic heterocycles. The van der Waals surface area contributed by atoms with Gasteiger partial charge >= 0.3 is 6.36 Å². The first-order valence-corrected chi connectivity index (χ1v) is 12.5. The molecule has 0 spiro atoms. The van der Waals surface area contributed by atoms with Gasteiger partial charge in [-0.1, -0.05) is 56.0 Å². The maximum atomic E-state index is 12.3. The minimum Gasteiger partial charge on any atom is -0.406 e. The number of alkyl halides is 3. The van der Waals surface area contributed by atoms with Gasteiger partial charge < -0.3 is 4.74 Å². The van der Waals surface area contributed by atoms with Gasteiger partial charge in [0.2, 0.25) is 0 Å². The Morgan fingerprint density at radius 2 is 1.42 bits per heavy atom. The summed E-state index contributed by atoms with van der Waals surface area (Å²) in [5.41, 5.74) is 1.13. The molecule has 2 saturated carbocycles. The maximum absolute atomic E-state index is 12.3. The Labute approximate surface area is 196 Å². The van der Waals surface area contributed by atoms with Gasteiger partial charge in [0.15, 0.2) is 0 Å². The van der Waals surface area contributed by atoms with Crippen molar-refractivity contribution in [2.24, 2.45) is 17.8 Å². The van der Waals surface area contributed by atoms with E-state index in [1.807, 2.05) is 18.2 Å². The fourth-order valence-corrected chi connectivity index (χ4v) is 5.58. The highest BCUT2D eigenvalue weighted by Gasteiger charge is 2.31. The molecular formula is C28H36F3NO. The largest absolute Gasteiger partial charge is 0.573 e. The van der Waals surface area contributed by atoms with Gasteiger partial charge in [0.1, 0.15) is 5.75 Å². The van der Waals surface area contributed by atoms with Crippen molar-refractivity contribution < 1.29 is 17.9 Å². The lowest BCUT2D eigenvalue weighted by atomic mass is 9.76. The van der Waals surface area contributed by atoms with Crippen LogP contribution in [0.3, 0.4) is 0 Å². The van der Waals surface area contributed by atoms with E-state index in [9.17, 15) is 13.2 Å². The normalized spacial score (nSPS) is 26.5.